The van der Waals surface area contributed by atoms with Crippen LogP contribution in [0.4, 0.5) is 10.2 Å². The minimum absolute atomic E-state index is 0.212. The average Bonchev–Trinajstić information content (AvgIpc) is 2.36. The van der Waals surface area contributed by atoms with Crippen molar-refractivity contribution in [1.82, 2.24) is 9.97 Å². The van der Waals surface area contributed by atoms with E-state index in [9.17, 15) is 4.39 Å². The Hall–Kier alpha value is -1.97. The summed E-state index contributed by atoms with van der Waals surface area (Å²) in [6.07, 6.45) is 0. The number of nitrogens with zero attached hydrogens (tertiary/aromatic N) is 2. The number of aromatic nitrogens is 2. The van der Waals surface area contributed by atoms with Crippen LogP contribution in [0.2, 0.25) is 0 Å². The van der Waals surface area contributed by atoms with Gasteiger partial charge in [-0.15, -0.1) is 0 Å². The molecule has 0 aliphatic heterocycles. The molecule has 0 saturated heterocycles. The number of rotatable bonds is 2. The zero-order valence-electron chi connectivity index (χ0n) is 11.0. The predicted molar refractivity (Wildman–Crippen MR) is 71.2 cm³/mol. The molecule has 1 N–H and O–H groups in total. The molecule has 2 aromatic rings. The van der Waals surface area contributed by atoms with Gasteiger partial charge in [0, 0.05) is 23.9 Å². The number of benzene rings is 1. The van der Waals surface area contributed by atoms with E-state index < -0.39 is 0 Å². The van der Waals surface area contributed by atoms with E-state index in [-0.39, 0.29) is 5.82 Å². The minimum atomic E-state index is -0.212. The molecule has 3 nitrogen and oxygen atoms in total. The van der Waals surface area contributed by atoms with E-state index in [4.69, 9.17) is 0 Å². The Morgan fingerprint density at radius 2 is 1.83 bits per heavy atom. The number of hydrogen-bond acceptors (Lipinski definition) is 3. The summed E-state index contributed by atoms with van der Waals surface area (Å²) in [6, 6.07) is 4.91. The molecule has 0 unspecified atom stereocenters. The van der Waals surface area contributed by atoms with Gasteiger partial charge in [0.25, 0.3) is 0 Å². The van der Waals surface area contributed by atoms with Crippen LogP contribution in [0.15, 0.2) is 18.2 Å². The Balaban J connectivity index is 2.57. The number of halogens is 1. The van der Waals surface area contributed by atoms with Crippen molar-refractivity contribution in [3.63, 3.8) is 0 Å². The molecule has 18 heavy (non-hydrogen) atoms. The molecule has 0 bridgehead atoms. The highest BCUT2D eigenvalue weighted by Gasteiger charge is 2.09. The highest BCUT2D eigenvalue weighted by molar-refractivity contribution is 5.60. The van der Waals surface area contributed by atoms with Crippen LogP contribution in [-0.2, 0) is 0 Å². The van der Waals surface area contributed by atoms with Crippen LogP contribution in [0, 0.1) is 26.6 Å². The van der Waals surface area contributed by atoms with Crippen molar-refractivity contribution in [2.75, 3.05) is 12.4 Å². The van der Waals surface area contributed by atoms with Gasteiger partial charge in [0.2, 0.25) is 0 Å². The molecule has 1 heterocycles. The summed E-state index contributed by atoms with van der Waals surface area (Å²) >= 11 is 0. The topological polar surface area (TPSA) is 37.8 Å². The Morgan fingerprint density at radius 3 is 2.44 bits per heavy atom. The summed E-state index contributed by atoms with van der Waals surface area (Å²) in [5, 5.41) is 3.05. The Kier molecular flexibility index (Phi) is 3.28. The van der Waals surface area contributed by atoms with Crippen molar-refractivity contribution in [2.45, 2.75) is 20.8 Å². The van der Waals surface area contributed by atoms with Gasteiger partial charge in [-0.1, -0.05) is 0 Å². The van der Waals surface area contributed by atoms with E-state index >= 15 is 0 Å². The lowest BCUT2D eigenvalue weighted by atomic mass is 10.1. The molecule has 0 atom stereocenters. The highest BCUT2D eigenvalue weighted by Crippen LogP contribution is 2.22. The Bertz CT molecular complexity index is 594. The fourth-order valence-corrected chi connectivity index (χ4v) is 1.79. The van der Waals surface area contributed by atoms with Crippen LogP contribution in [0.5, 0.6) is 0 Å². The summed E-state index contributed by atoms with van der Waals surface area (Å²) in [6.45, 7) is 5.65. The van der Waals surface area contributed by atoms with Crippen LogP contribution in [0.25, 0.3) is 11.4 Å². The standard InChI is InChI=1S/C14H16FN3/c1-8-7-11(5-6-12(8)15)14-17-10(3)9(2)13(16-4)18-14/h5-7H,1-4H3,(H,16,17,18). The lowest BCUT2D eigenvalue weighted by Crippen LogP contribution is -2.02. The number of nitrogens with one attached hydrogen (secondary N) is 1. The van der Waals surface area contributed by atoms with Gasteiger partial charge >= 0.3 is 0 Å². The first-order chi connectivity index (χ1) is 8.52. The Labute approximate surface area is 106 Å². The largest absolute Gasteiger partial charge is 0.373 e. The first-order valence-corrected chi connectivity index (χ1v) is 5.82. The van der Waals surface area contributed by atoms with E-state index in [1.54, 1.807) is 19.1 Å². The van der Waals surface area contributed by atoms with Gasteiger partial charge in [-0.2, -0.15) is 0 Å². The maximum absolute atomic E-state index is 13.3. The van der Waals surface area contributed by atoms with Gasteiger partial charge in [0.05, 0.1) is 0 Å². The van der Waals surface area contributed by atoms with E-state index in [1.165, 1.54) is 6.07 Å². The van der Waals surface area contributed by atoms with Crippen LogP contribution >= 0.6 is 0 Å². The molecule has 94 valence electrons. The van der Waals surface area contributed by atoms with E-state index in [0.29, 0.717) is 11.4 Å². The van der Waals surface area contributed by atoms with Crippen molar-refractivity contribution in [1.29, 1.82) is 0 Å². The summed E-state index contributed by atoms with van der Waals surface area (Å²) in [4.78, 5) is 8.90. The lowest BCUT2D eigenvalue weighted by molar-refractivity contribution is 0.618. The summed E-state index contributed by atoms with van der Waals surface area (Å²) in [7, 11) is 1.83. The number of aryl methyl sites for hydroxylation is 2. The highest BCUT2D eigenvalue weighted by atomic mass is 19.1. The predicted octanol–water partition coefficient (Wildman–Crippen LogP) is 3.25. The lowest BCUT2D eigenvalue weighted by Gasteiger charge is -2.10. The fraction of sp³-hybridized carbons (Fsp3) is 0.286. The third kappa shape index (κ3) is 2.18. The first kappa shape index (κ1) is 12.5. The molecular weight excluding hydrogens is 229 g/mol. The third-order valence-electron chi connectivity index (χ3n) is 3.04. The van der Waals surface area contributed by atoms with Gasteiger partial charge in [0.15, 0.2) is 5.82 Å². The molecule has 1 aromatic heterocycles. The molecule has 0 aliphatic rings. The van der Waals surface area contributed by atoms with E-state index in [1.807, 2.05) is 20.9 Å². The average molecular weight is 245 g/mol. The van der Waals surface area contributed by atoms with Crippen molar-refractivity contribution in [3.05, 3.63) is 40.8 Å². The molecule has 2 rings (SSSR count). The summed E-state index contributed by atoms with van der Waals surface area (Å²) < 4.78 is 13.3. The van der Waals surface area contributed by atoms with Crippen LogP contribution < -0.4 is 5.32 Å². The van der Waals surface area contributed by atoms with E-state index in [2.05, 4.69) is 15.3 Å². The van der Waals surface area contributed by atoms with Crippen LogP contribution in [0.3, 0.4) is 0 Å². The normalized spacial score (nSPS) is 10.5. The van der Waals surface area contributed by atoms with Gasteiger partial charge in [0.1, 0.15) is 11.6 Å². The second kappa shape index (κ2) is 4.72. The van der Waals surface area contributed by atoms with Crippen LogP contribution in [0.1, 0.15) is 16.8 Å². The number of hydrogen-bond donors (Lipinski definition) is 1. The second-order valence-corrected chi connectivity index (χ2v) is 4.32. The van der Waals surface area contributed by atoms with Crippen LogP contribution in [-0.4, -0.2) is 17.0 Å². The molecule has 0 amide bonds. The Morgan fingerprint density at radius 1 is 1.11 bits per heavy atom. The van der Waals surface area contributed by atoms with Crippen molar-refractivity contribution in [2.24, 2.45) is 0 Å². The number of anilines is 1. The maximum Gasteiger partial charge on any atom is 0.161 e. The molecular formula is C14H16FN3. The smallest absolute Gasteiger partial charge is 0.161 e. The summed E-state index contributed by atoms with van der Waals surface area (Å²) in [5.41, 5.74) is 3.38. The fourth-order valence-electron chi connectivity index (χ4n) is 1.79. The van der Waals surface area contributed by atoms with Gasteiger partial charge < -0.3 is 5.32 Å². The van der Waals surface area contributed by atoms with Gasteiger partial charge in [-0.3, -0.25) is 0 Å². The maximum atomic E-state index is 13.3. The molecule has 0 radical (unpaired) electrons. The van der Waals surface area contributed by atoms with Gasteiger partial charge in [-0.05, 0) is 44.5 Å². The van der Waals surface area contributed by atoms with Crippen molar-refractivity contribution in [3.8, 4) is 11.4 Å². The zero-order valence-corrected chi connectivity index (χ0v) is 11.0. The minimum Gasteiger partial charge on any atom is -0.373 e. The third-order valence-corrected chi connectivity index (χ3v) is 3.04. The van der Waals surface area contributed by atoms with Crippen molar-refractivity contribution < 1.29 is 4.39 Å². The molecule has 1 aromatic carbocycles. The molecule has 0 fully saturated rings. The van der Waals surface area contributed by atoms with E-state index in [0.717, 1.165) is 22.6 Å². The monoisotopic (exact) mass is 245 g/mol. The molecule has 0 spiro atoms. The zero-order chi connectivity index (χ0) is 13.3. The SMILES string of the molecule is CNc1nc(-c2ccc(F)c(C)c2)nc(C)c1C. The quantitative estimate of drug-likeness (QED) is 0.882. The van der Waals surface area contributed by atoms with Crippen molar-refractivity contribution >= 4 is 5.82 Å². The molecule has 0 saturated carbocycles. The van der Waals surface area contributed by atoms with Gasteiger partial charge in [-0.25, -0.2) is 14.4 Å². The molecule has 4 heteroatoms. The molecule has 0 aliphatic carbocycles. The second-order valence-electron chi connectivity index (χ2n) is 4.32. The first-order valence-electron chi connectivity index (χ1n) is 5.82. The summed E-state index contributed by atoms with van der Waals surface area (Å²) in [5.74, 6) is 1.21.